The number of carboxylic acid groups (broad SMARTS) is 1. The average molecular weight is 396 g/mol. The minimum absolute atomic E-state index is 0. The van der Waals surface area contributed by atoms with Crippen molar-refractivity contribution in [3.8, 4) is 22.6 Å². The zero-order chi connectivity index (χ0) is 18.9. The summed E-state index contributed by atoms with van der Waals surface area (Å²) in [5.74, 6) is 0.498. The predicted molar refractivity (Wildman–Crippen MR) is 112 cm³/mol. The highest BCUT2D eigenvalue weighted by molar-refractivity contribution is 5.85. The van der Waals surface area contributed by atoms with Crippen molar-refractivity contribution >= 4 is 18.4 Å². The van der Waals surface area contributed by atoms with Gasteiger partial charge in [-0.1, -0.05) is 54.6 Å². The molecule has 1 aliphatic rings. The molecule has 0 bridgehead atoms. The molecule has 5 heteroatoms. The third-order valence-corrected chi connectivity index (χ3v) is 5.15. The van der Waals surface area contributed by atoms with E-state index in [0.717, 1.165) is 28.0 Å². The van der Waals surface area contributed by atoms with Crippen LogP contribution < -0.4 is 10.5 Å². The van der Waals surface area contributed by atoms with Crippen LogP contribution in [0.25, 0.3) is 11.1 Å². The van der Waals surface area contributed by atoms with Gasteiger partial charge in [0.1, 0.15) is 17.0 Å². The first-order valence-corrected chi connectivity index (χ1v) is 9.01. The van der Waals surface area contributed by atoms with E-state index in [0.29, 0.717) is 25.0 Å². The molecule has 1 atom stereocenters. The largest absolute Gasteiger partial charge is 0.480 e. The van der Waals surface area contributed by atoms with Gasteiger partial charge in [0.15, 0.2) is 0 Å². The molecule has 0 heterocycles. The first-order valence-electron chi connectivity index (χ1n) is 9.01. The van der Waals surface area contributed by atoms with E-state index in [2.05, 4.69) is 0 Å². The second kappa shape index (κ2) is 8.05. The minimum atomic E-state index is -1.20. The summed E-state index contributed by atoms with van der Waals surface area (Å²) in [6, 6.07) is 23.8. The Morgan fingerprint density at radius 2 is 1.68 bits per heavy atom. The molecule has 0 saturated heterocycles. The zero-order valence-corrected chi connectivity index (χ0v) is 16.1. The number of aliphatic carboxylic acids is 1. The number of para-hydroxylation sites is 1. The van der Waals surface area contributed by atoms with Crippen molar-refractivity contribution in [3.05, 3.63) is 83.9 Å². The molecule has 3 aromatic rings. The first kappa shape index (κ1) is 19.9. The van der Waals surface area contributed by atoms with Crippen LogP contribution in [0.5, 0.6) is 11.5 Å². The van der Waals surface area contributed by atoms with E-state index in [1.54, 1.807) is 0 Å². The molecular formula is C23H22ClNO3. The molecule has 1 unspecified atom stereocenters. The van der Waals surface area contributed by atoms with Gasteiger partial charge in [0, 0.05) is 12.0 Å². The number of carbonyl (C=O) groups is 1. The average Bonchev–Trinajstić information content (AvgIpc) is 2.69. The molecule has 4 nitrogen and oxygen atoms in total. The van der Waals surface area contributed by atoms with E-state index in [4.69, 9.17) is 10.5 Å². The van der Waals surface area contributed by atoms with Gasteiger partial charge in [-0.25, -0.2) is 0 Å². The number of carboxylic acids is 1. The molecule has 0 aromatic heterocycles. The Hall–Kier alpha value is -2.82. The summed E-state index contributed by atoms with van der Waals surface area (Å²) < 4.78 is 6.17. The van der Waals surface area contributed by atoms with Crippen molar-refractivity contribution in [1.29, 1.82) is 0 Å². The summed E-state index contributed by atoms with van der Waals surface area (Å²) in [6.07, 6.45) is 1.43. The van der Waals surface area contributed by atoms with Crippen molar-refractivity contribution in [1.82, 2.24) is 0 Å². The lowest BCUT2D eigenvalue weighted by Crippen LogP contribution is -2.52. The Kier molecular flexibility index (Phi) is 5.73. The molecular weight excluding hydrogens is 374 g/mol. The molecule has 0 radical (unpaired) electrons. The lowest BCUT2D eigenvalue weighted by Gasteiger charge is -2.31. The molecule has 4 rings (SSSR count). The number of hydrogen-bond donors (Lipinski definition) is 2. The fourth-order valence-corrected chi connectivity index (χ4v) is 3.58. The van der Waals surface area contributed by atoms with E-state index in [1.165, 1.54) is 0 Å². The van der Waals surface area contributed by atoms with E-state index in [-0.39, 0.29) is 12.4 Å². The maximum absolute atomic E-state index is 11.5. The number of benzene rings is 3. The smallest absolute Gasteiger partial charge is 0.324 e. The Balaban J connectivity index is 0.00000225. The molecule has 3 N–H and O–H groups in total. The van der Waals surface area contributed by atoms with Gasteiger partial charge >= 0.3 is 5.97 Å². The van der Waals surface area contributed by atoms with E-state index >= 15 is 0 Å². The molecule has 0 aliphatic heterocycles. The van der Waals surface area contributed by atoms with Crippen LogP contribution in [0, 0.1) is 0 Å². The van der Waals surface area contributed by atoms with Crippen LogP contribution >= 0.6 is 12.4 Å². The molecule has 144 valence electrons. The van der Waals surface area contributed by atoms with E-state index in [9.17, 15) is 9.90 Å². The van der Waals surface area contributed by atoms with Gasteiger partial charge in [0.05, 0.1) is 0 Å². The summed E-state index contributed by atoms with van der Waals surface area (Å²) >= 11 is 0. The molecule has 1 aliphatic carbocycles. The second-order valence-corrected chi connectivity index (χ2v) is 7.03. The third-order valence-electron chi connectivity index (χ3n) is 5.15. The van der Waals surface area contributed by atoms with Gasteiger partial charge in [-0.3, -0.25) is 4.79 Å². The Labute approximate surface area is 170 Å². The monoisotopic (exact) mass is 395 g/mol. The highest BCUT2D eigenvalue weighted by Gasteiger charge is 2.37. The van der Waals surface area contributed by atoms with Gasteiger partial charge in [0.2, 0.25) is 0 Å². The number of fused-ring (bicyclic) bond motifs is 1. The molecule has 3 aromatic carbocycles. The van der Waals surface area contributed by atoms with Crippen molar-refractivity contribution < 1.29 is 14.6 Å². The van der Waals surface area contributed by atoms with Crippen molar-refractivity contribution in [3.63, 3.8) is 0 Å². The van der Waals surface area contributed by atoms with Crippen LogP contribution in [-0.2, 0) is 17.6 Å². The van der Waals surface area contributed by atoms with Crippen LogP contribution in [-0.4, -0.2) is 16.6 Å². The van der Waals surface area contributed by atoms with Gasteiger partial charge in [-0.2, -0.15) is 0 Å². The Morgan fingerprint density at radius 3 is 2.43 bits per heavy atom. The van der Waals surface area contributed by atoms with Crippen LogP contribution in [0.4, 0.5) is 0 Å². The zero-order valence-electron chi connectivity index (χ0n) is 15.3. The Bertz CT molecular complexity index is 990. The van der Waals surface area contributed by atoms with Gasteiger partial charge in [-0.05, 0) is 47.7 Å². The second-order valence-electron chi connectivity index (χ2n) is 7.03. The normalized spacial score (nSPS) is 17.9. The highest BCUT2D eigenvalue weighted by Crippen LogP contribution is 2.35. The number of aryl methyl sites for hydroxylation is 1. The summed E-state index contributed by atoms with van der Waals surface area (Å²) in [4.78, 5) is 11.5. The van der Waals surface area contributed by atoms with E-state index in [1.807, 2.05) is 72.8 Å². The standard InChI is InChI=1S/C23H21NO3.ClH/c24-23(22(25)26)13-12-16-10-11-19(14-18(16)15-23)27-21-9-5-4-8-20(21)17-6-2-1-3-7-17;/h1-11,14H,12-13,15,24H2,(H,25,26);1H. The number of rotatable bonds is 4. The fraction of sp³-hybridized carbons (Fsp3) is 0.174. The van der Waals surface area contributed by atoms with Crippen molar-refractivity contribution in [2.75, 3.05) is 0 Å². The lowest BCUT2D eigenvalue weighted by atomic mass is 9.78. The van der Waals surface area contributed by atoms with Gasteiger partial charge in [0.25, 0.3) is 0 Å². The van der Waals surface area contributed by atoms with E-state index < -0.39 is 11.5 Å². The Morgan fingerprint density at radius 1 is 0.964 bits per heavy atom. The van der Waals surface area contributed by atoms with Crippen LogP contribution in [0.1, 0.15) is 17.5 Å². The summed E-state index contributed by atoms with van der Waals surface area (Å²) in [7, 11) is 0. The molecule has 28 heavy (non-hydrogen) atoms. The maximum Gasteiger partial charge on any atom is 0.324 e. The van der Waals surface area contributed by atoms with Crippen LogP contribution in [0.15, 0.2) is 72.8 Å². The molecule has 0 fully saturated rings. The number of halogens is 1. The minimum Gasteiger partial charge on any atom is -0.480 e. The summed E-state index contributed by atoms with van der Waals surface area (Å²) in [5, 5.41) is 9.43. The van der Waals surface area contributed by atoms with Crippen molar-refractivity contribution in [2.24, 2.45) is 5.73 Å². The quantitative estimate of drug-likeness (QED) is 0.663. The maximum atomic E-state index is 11.5. The summed E-state index contributed by atoms with van der Waals surface area (Å²) in [5.41, 5.74) is 9.05. The summed E-state index contributed by atoms with van der Waals surface area (Å²) in [6.45, 7) is 0. The first-order chi connectivity index (χ1) is 13.0. The number of hydrogen-bond acceptors (Lipinski definition) is 3. The van der Waals surface area contributed by atoms with Gasteiger partial charge < -0.3 is 15.6 Å². The number of ether oxygens (including phenoxy) is 1. The van der Waals surface area contributed by atoms with Crippen molar-refractivity contribution in [2.45, 2.75) is 24.8 Å². The predicted octanol–water partition coefficient (Wildman–Crippen LogP) is 4.84. The van der Waals surface area contributed by atoms with Gasteiger partial charge in [-0.15, -0.1) is 12.4 Å². The third kappa shape index (κ3) is 3.88. The van der Waals surface area contributed by atoms with Crippen LogP contribution in [0.3, 0.4) is 0 Å². The SMILES string of the molecule is Cl.NC1(C(=O)O)CCc2ccc(Oc3ccccc3-c3ccccc3)cc2C1. The lowest BCUT2D eigenvalue weighted by molar-refractivity contribution is -0.143. The molecule has 0 amide bonds. The highest BCUT2D eigenvalue weighted by atomic mass is 35.5. The number of nitrogens with two attached hydrogens (primary N) is 1. The topological polar surface area (TPSA) is 72.6 Å². The molecule has 0 spiro atoms. The molecule has 0 saturated carbocycles. The van der Waals surface area contributed by atoms with Crippen LogP contribution in [0.2, 0.25) is 0 Å². The fourth-order valence-electron chi connectivity index (χ4n) is 3.58.